The van der Waals surface area contributed by atoms with Crippen molar-refractivity contribution in [1.82, 2.24) is 0 Å². The Balaban J connectivity index is 1.29. The van der Waals surface area contributed by atoms with E-state index in [4.69, 9.17) is 42.3 Å². The molecule has 0 radical (unpaired) electrons. The Bertz CT molecular complexity index is 2510. The molecule has 3 aliphatic heterocycles. The van der Waals surface area contributed by atoms with Gasteiger partial charge in [-0.25, -0.2) is 4.79 Å². The molecule has 3 aliphatic rings. The number of carbonyl (C=O) groups is 1. The van der Waals surface area contributed by atoms with Crippen molar-refractivity contribution in [2.24, 2.45) is 0 Å². The van der Waals surface area contributed by atoms with E-state index >= 15 is 0 Å². The van der Waals surface area contributed by atoms with E-state index in [1.165, 1.54) is 31.4 Å². The first-order valence-corrected chi connectivity index (χ1v) is 20.6. The predicted octanol–water partition coefficient (Wildman–Crippen LogP) is -3.61. The zero-order valence-electron chi connectivity index (χ0n) is 35.3. The minimum Gasteiger partial charge on any atom is -0.507 e. The zero-order valence-corrected chi connectivity index (χ0v) is 35.3. The van der Waals surface area contributed by atoms with E-state index in [-0.39, 0.29) is 22.8 Å². The molecule has 0 amide bonds. The number of carbonyl (C=O) groups excluding carboxylic acids is 1. The van der Waals surface area contributed by atoms with E-state index in [1.807, 2.05) is 0 Å². The van der Waals surface area contributed by atoms with E-state index < -0.39 is 163 Å². The summed E-state index contributed by atoms with van der Waals surface area (Å²) in [7, 11) is 1.30. The Morgan fingerprint density at radius 2 is 1.21 bits per heavy atom. The topological polar surface area (TPSA) is 404 Å². The lowest BCUT2D eigenvalue weighted by atomic mass is 9.99. The number of rotatable bonds is 14. The SMILES string of the molecule is COc1cc(C=CC(=O)OC2C(Oc3c(-c4ccc(OC5OC(CO)C(O)C(O)C5O)c(O)c4)oc4cc(OC5OC(CO)C(O)C(O)C5O)cc(O)c4c3=O)OC(CO)C(O)C2O)ccc1O. The molecule has 0 aliphatic carbocycles. The van der Waals surface area contributed by atoms with Gasteiger partial charge in [-0.3, -0.25) is 4.79 Å². The van der Waals surface area contributed by atoms with Crippen LogP contribution in [0.2, 0.25) is 0 Å². The second-order valence-corrected chi connectivity index (χ2v) is 15.7. The number of esters is 1. The molecule has 0 spiro atoms. The molecule has 15 unspecified atom stereocenters. The largest absolute Gasteiger partial charge is 0.507 e. The van der Waals surface area contributed by atoms with Crippen molar-refractivity contribution in [3.05, 3.63) is 70.4 Å². The number of hydrogen-bond acceptors (Lipinski definition) is 25. The van der Waals surface area contributed by atoms with Crippen LogP contribution < -0.4 is 24.4 Å². The highest BCUT2D eigenvalue weighted by atomic mass is 16.7. The number of aromatic hydroxyl groups is 3. The monoisotopic (exact) mass is 964 g/mol. The highest BCUT2D eigenvalue weighted by Gasteiger charge is 2.49. The van der Waals surface area contributed by atoms with Crippen molar-refractivity contribution in [1.29, 1.82) is 0 Å². The van der Waals surface area contributed by atoms with Crippen molar-refractivity contribution in [2.45, 2.75) is 92.1 Å². The number of benzene rings is 3. The van der Waals surface area contributed by atoms with Gasteiger partial charge in [0.15, 0.2) is 34.9 Å². The summed E-state index contributed by atoms with van der Waals surface area (Å²) in [6.07, 6.45) is -24.8. The molecular weight excluding hydrogens is 916 g/mol. The van der Waals surface area contributed by atoms with Crippen LogP contribution in [0.1, 0.15) is 5.56 Å². The lowest BCUT2D eigenvalue weighted by Gasteiger charge is -2.41. The van der Waals surface area contributed by atoms with Gasteiger partial charge in [-0.05, 0) is 42.0 Å². The zero-order chi connectivity index (χ0) is 49.3. The van der Waals surface area contributed by atoms with Crippen molar-refractivity contribution in [3.63, 3.8) is 0 Å². The van der Waals surface area contributed by atoms with Crippen LogP contribution in [0.4, 0.5) is 0 Å². The summed E-state index contributed by atoms with van der Waals surface area (Å²) < 4.78 is 50.3. The van der Waals surface area contributed by atoms with Crippen LogP contribution in [0.3, 0.4) is 0 Å². The quantitative estimate of drug-likeness (QED) is 0.0429. The summed E-state index contributed by atoms with van der Waals surface area (Å²) in [6, 6.07) is 9.12. The van der Waals surface area contributed by atoms with Gasteiger partial charge in [-0.2, -0.15) is 0 Å². The van der Waals surface area contributed by atoms with E-state index in [2.05, 4.69) is 0 Å². The Kier molecular flexibility index (Phi) is 15.3. The van der Waals surface area contributed by atoms with E-state index in [0.717, 1.165) is 36.4 Å². The maximum absolute atomic E-state index is 14.6. The first kappa shape index (κ1) is 50.0. The number of phenolic OH excluding ortho intramolecular Hbond substituents is 3. The summed E-state index contributed by atoms with van der Waals surface area (Å²) >= 11 is 0. The molecule has 1 aromatic heterocycles. The first-order chi connectivity index (χ1) is 32.4. The Hall–Kier alpha value is -5.88. The number of phenols is 3. The number of methoxy groups -OCH3 is 1. The Labute approximate surface area is 382 Å². The molecule has 3 saturated heterocycles. The first-order valence-electron chi connectivity index (χ1n) is 20.6. The normalized spacial score (nSPS) is 31.9. The molecule has 4 heterocycles. The maximum Gasteiger partial charge on any atom is 0.331 e. The van der Waals surface area contributed by atoms with Crippen LogP contribution in [0.25, 0.3) is 28.4 Å². The molecule has 68 heavy (non-hydrogen) atoms. The fourth-order valence-electron chi connectivity index (χ4n) is 7.50. The maximum atomic E-state index is 14.6. The third-order valence-electron chi connectivity index (χ3n) is 11.2. The summed E-state index contributed by atoms with van der Waals surface area (Å²) in [5.74, 6) is -5.21. The summed E-state index contributed by atoms with van der Waals surface area (Å²) in [6.45, 7) is -2.54. The molecule has 25 heteroatoms. The fraction of sp³-hybridized carbons (Fsp3) is 0.442. The number of aliphatic hydroxyl groups excluding tert-OH is 11. The van der Waals surface area contributed by atoms with Gasteiger partial charge < -0.3 is 114 Å². The standard InChI is InChI=1S/C43H48O25/c1-60-22-8-15(2-5-18(22)47)3-7-27(50)67-40-35(57)31(53)26(14-46)66-43(40)68-39-32(54)28-20(49)10-17(61-41-36(58)33(55)29(51)24(12-44)64-41)11-23(28)62-38(39)16-4-6-21(19(48)9-16)63-42-37(59)34(56)30(52)25(13-45)65-42/h2-11,24-26,29-31,33-37,40-49,51-53,55-59H,12-14H2,1H3. The smallest absolute Gasteiger partial charge is 0.331 e. The predicted molar refractivity (Wildman–Crippen MR) is 222 cm³/mol. The van der Waals surface area contributed by atoms with Crippen LogP contribution in [0.5, 0.6) is 40.2 Å². The molecule has 3 aromatic carbocycles. The highest BCUT2D eigenvalue weighted by molar-refractivity contribution is 5.89. The molecule has 15 atom stereocenters. The van der Waals surface area contributed by atoms with Gasteiger partial charge in [0.05, 0.1) is 26.9 Å². The van der Waals surface area contributed by atoms with Gasteiger partial charge in [0, 0.05) is 23.8 Å². The van der Waals surface area contributed by atoms with Crippen LogP contribution in [-0.4, -0.2) is 197 Å². The molecule has 370 valence electrons. The Morgan fingerprint density at radius 1 is 0.618 bits per heavy atom. The third-order valence-corrected chi connectivity index (χ3v) is 11.2. The minimum atomic E-state index is -2.07. The Morgan fingerprint density at radius 3 is 1.79 bits per heavy atom. The van der Waals surface area contributed by atoms with Crippen LogP contribution in [0, 0.1) is 0 Å². The second-order valence-electron chi connectivity index (χ2n) is 15.7. The number of hydrogen-bond donors (Lipinski definition) is 14. The van der Waals surface area contributed by atoms with E-state index in [9.17, 15) is 81.1 Å². The molecule has 7 rings (SSSR count). The van der Waals surface area contributed by atoms with Gasteiger partial charge in [-0.1, -0.05) is 6.07 Å². The van der Waals surface area contributed by atoms with Crippen molar-refractivity contribution < 1.29 is 119 Å². The van der Waals surface area contributed by atoms with Gasteiger partial charge in [-0.15, -0.1) is 0 Å². The minimum absolute atomic E-state index is 0.0705. The average Bonchev–Trinajstić information content (AvgIpc) is 3.32. The second kappa shape index (κ2) is 20.8. The number of aliphatic hydroxyl groups is 11. The average molecular weight is 965 g/mol. The molecule has 0 bridgehead atoms. The van der Waals surface area contributed by atoms with Gasteiger partial charge in [0.1, 0.15) is 89.6 Å². The molecule has 14 N–H and O–H groups in total. The van der Waals surface area contributed by atoms with Gasteiger partial charge in [0.25, 0.3) is 0 Å². The van der Waals surface area contributed by atoms with Crippen LogP contribution in [0.15, 0.2) is 63.8 Å². The molecule has 3 fully saturated rings. The van der Waals surface area contributed by atoms with Crippen LogP contribution in [-0.2, 0) is 23.7 Å². The van der Waals surface area contributed by atoms with Gasteiger partial charge in [0.2, 0.25) is 30.0 Å². The third kappa shape index (κ3) is 9.98. The summed E-state index contributed by atoms with van der Waals surface area (Å²) in [5.41, 5.74) is -1.60. The molecule has 25 nitrogen and oxygen atoms in total. The van der Waals surface area contributed by atoms with Crippen LogP contribution >= 0.6 is 0 Å². The van der Waals surface area contributed by atoms with Crippen molar-refractivity contribution in [2.75, 3.05) is 26.9 Å². The highest BCUT2D eigenvalue weighted by Crippen LogP contribution is 2.41. The number of ether oxygens (including phenoxy) is 8. The lowest BCUT2D eigenvalue weighted by molar-refractivity contribution is -0.281. The van der Waals surface area contributed by atoms with Crippen molar-refractivity contribution >= 4 is 23.0 Å². The van der Waals surface area contributed by atoms with E-state index in [1.54, 1.807) is 0 Å². The lowest BCUT2D eigenvalue weighted by Crippen LogP contribution is -2.61. The summed E-state index contributed by atoms with van der Waals surface area (Å²) in [4.78, 5) is 27.8. The van der Waals surface area contributed by atoms with E-state index in [0.29, 0.717) is 5.56 Å². The number of fused-ring (bicyclic) bond motifs is 1. The van der Waals surface area contributed by atoms with Gasteiger partial charge >= 0.3 is 5.97 Å². The van der Waals surface area contributed by atoms with Crippen molar-refractivity contribution in [3.8, 4) is 51.6 Å². The summed E-state index contributed by atoms with van der Waals surface area (Å²) in [5, 5.41) is 145. The molecule has 0 saturated carbocycles. The molecule has 4 aromatic rings. The fourth-order valence-corrected chi connectivity index (χ4v) is 7.50. The molecular formula is C43H48O25.